The number of fused-ring (bicyclic) bond motifs is 2. The van der Waals surface area contributed by atoms with Crippen LogP contribution in [0, 0.1) is 0 Å². The third-order valence-corrected chi connectivity index (χ3v) is 9.11. The zero-order chi connectivity index (χ0) is 39.4. The summed E-state index contributed by atoms with van der Waals surface area (Å²) in [6.45, 7) is 3.63. The molecule has 6 aromatic heterocycles. The normalized spacial score (nSPS) is 12.4. The summed E-state index contributed by atoms with van der Waals surface area (Å²) in [4.78, 5) is 14.8. The summed E-state index contributed by atoms with van der Waals surface area (Å²) in [6, 6.07) is 3.76. The van der Waals surface area contributed by atoms with E-state index in [0.29, 0.717) is 43.5 Å². The van der Waals surface area contributed by atoms with Gasteiger partial charge in [-0.05, 0) is 51.7 Å². The van der Waals surface area contributed by atoms with Gasteiger partial charge in [-0.2, -0.15) is 62.9 Å². The number of pyridine rings is 4. The first-order valence-corrected chi connectivity index (χ1v) is 17.2. The Morgan fingerprint density at radius 1 is 0.623 bits per heavy atom. The van der Waals surface area contributed by atoms with Gasteiger partial charge in [-0.25, -0.2) is 14.6 Å². The molecule has 0 spiro atoms. The first-order chi connectivity index (χ1) is 24.6. The number of thioether (sulfide) groups is 2. The van der Waals surface area contributed by atoms with Gasteiger partial charge in [-0.3, -0.25) is 15.1 Å². The van der Waals surface area contributed by atoms with Crippen molar-refractivity contribution in [3.63, 3.8) is 0 Å². The third kappa shape index (κ3) is 11.0. The molecule has 0 saturated carbocycles. The van der Waals surface area contributed by atoms with Crippen molar-refractivity contribution in [1.82, 2.24) is 39.9 Å². The predicted molar refractivity (Wildman–Crippen MR) is 175 cm³/mol. The van der Waals surface area contributed by atoms with E-state index in [1.165, 1.54) is 24.2 Å². The fourth-order valence-electron chi connectivity index (χ4n) is 4.04. The summed E-state index contributed by atoms with van der Waals surface area (Å²) in [5, 5.41) is 10.9. The van der Waals surface area contributed by atoms with Crippen LogP contribution in [0.1, 0.15) is 36.4 Å². The van der Waals surface area contributed by atoms with E-state index in [-0.39, 0.29) is 16.2 Å². The van der Waals surface area contributed by atoms with Gasteiger partial charge in [0.25, 0.3) is 0 Å². The Balaban J connectivity index is 0.000000196. The molecule has 6 heterocycles. The number of hydrogen-bond acceptors (Lipinski definition) is 8. The van der Waals surface area contributed by atoms with Crippen molar-refractivity contribution in [3.8, 4) is 5.82 Å². The molecule has 284 valence electrons. The molecule has 0 radical (unpaired) electrons. The van der Waals surface area contributed by atoms with Gasteiger partial charge in [0.15, 0.2) is 5.82 Å². The van der Waals surface area contributed by atoms with E-state index < -0.39 is 47.2 Å². The molecule has 0 unspecified atom stereocenters. The van der Waals surface area contributed by atoms with Gasteiger partial charge in [-0.15, -0.1) is 23.5 Å². The van der Waals surface area contributed by atoms with Gasteiger partial charge in [0.2, 0.25) is 0 Å². The molecule has 53 heavy (non-hydrogen) atoms. The van der Waals surface area contributed by atoms with Crippen LogP contribution >= 0.6 is 39.5 Å². The standard InChI is InChI=1S/C15H10F6N4S.C8H7BrF3NS.C7H4F3N3/c1-2-26-11-3-9(14(16,17)18)6-23-13(11)25-7-8-5-22-12(15(19,20)21)4-10(8)24-25;1-2-14-6-3-5(8(10,11)12)4-13-7(6)9;8-7(9,10)6-1-5-4(2-11-6)3-12-13-5/h3-7H,2H2,1H3;3-4H,2H2,1H3;1-3H,(H,12,13). The fourth-order valence-corrected chi connectivity index (χ4v) is 6.09. The zero-order valence-corrected chi connectivity index (χ0v) is 29.8. The lowest BCUT2D eigenvalue weighted by Gasteiger charge is -2.11. The Kier molecular flexibility index (Phi) is 13.0. The van der Waals surface area contributed by atoms with Gasteiger partial charge in [0.1, 0.15) is 16.0 Å². The minimum absolute atomic E-state index is 0.0153. The lowest BCUT2D eigenvalue weighted by atomic mass is 10.2. The molecule has 0 aromatic carbocycles. The molecule has 1 N–H and O–H groups in total. The average molecular weight is 866 g/mol. The number of rotatable bonds is 5. The molecule has 0 aliphatic rings. The fraction of sp³-hybridized carbons (Fsp3) is 0.267. The molecule has 6 rings (SSSR count). The van der Waals surface area contributed by atoms with Crippen molar-refractivity contribution < 1.29 is 52.7 Å². The average Bonchev–Trinajstić information content (AvgIpc) is 3.71. The predicted octanol–water partition coefficient (Wildman–Crippen LogP) is 10.9. The van der Waals surface area contributed by atoms with Gasteiger partial charge in [0.05, 0.1) is 33.3 Å². The molecule has 0 aliphatic carbocycles. The first kappa shape index (κ1) is 41.6. The number of nitrogens with one attached hydrogen (secondary N) is 1. The highest BCUT2D eigenvalue weighted by atomic mass is 79.9. The van der Waals surface area contributed by atoms with Crippen molar-refractivity contribution in [2.75, 3.05) is 11.5 Å². The SMILES string of the molecule is CCSc1cc(C(F)(F)F)cnc1-n1cc2cnc(C(F)(F)F)cc2n1.CCSc1cc(C(F)(F)F)cnc1Br.FC(F)(F)c1cc2[nH]ncc2cn1. The van der Waals surface area contributed by atoms with Gasteiger partial charge in [0, 0.05) is 46.7 Å². The Bertz CT molecular complexity index is 2160. The smallest absolute Gasteiger partial charge is 0.278 e. The second-order valence-electron chi connectivity index (χ2n) is 10.1. The summed E-state index contributed by atoms with van der Waals surface area (Å²) in [5.41, 5.74) is -3.28. The molecule has 0 fully saturated rings. The maximum atomic E-state index is 12.9. The monoisotopic (exact) mass is 864 g/mol. The minimum Gasteiger partial charge on any atom is -0.278 e. The zero-order valence-electron chi connectivity index (χ0n) is 26.5. The van der Waals surface area contributed by atoms with Crippen molar-refractivity contribution >= 4 is 61.3 Å². The van der Waals surface area contributed by atoms with E-state index in [1.807, 2.05) is 6.92 Å². The lowest BCUT2D eigenvalue weighted by molar-refractivity contribution is -0.141. The number of alkyl halides is 12. The molecular weight excluding hydrogens is 844 g/mol. The third-order valence-electron chi connectivity index (χ3n) is 6.40. The quantitative estimate of drug-likeness (QED) is 0.104. The van der Waals surface area contributed by atoms with E-state index >= 15 is 0 Å². The van der Waals surface area contributed by atoms with Crippen LogP contribution in [0.15, 0.2) is 75.8 Å². The number of H-pyrrole nitrogens is 1. The maximum absolute atomic E-state index is 12.9. The molecule has 0 bridgehead atoms. The Labute approximate surface area is 307 Å². The highest BCUT2D eigenvalue weighted by Gasteiger charge is 2.35. The molecule has 0 saturated heterocycles. The summed E-state index contributed by atoms with van der Waals surface area (Å²) < 4.78 is 152. The van der Waals surface area contributed by atoms with Gasteiger partial charge >= 0.3 is 24.7 Å². The second-order valence-corrected chi connectivity index (χ2v) is 13.5. The van der Waals surface area contributed by atoms with Crippen molar-refractivity contribution in [2.45, 2.75) is 48.3 Å². The molecule has 6 aromatic rings. The van der Waals surface area contributed by atoms with Crippen molar-refractivity contribution in [3.05, 3.63) is 88.6 Å². The highest BCUT2D eigenvalue weighted by Crippen LogP contribution is 2.36. The Morgan fingerprint density at radius 2 is 1.15 bits per heavy atom. The number of aromatic amines is 1. The molecule has 0 amide bonds. The van der Waals surface area contributed by atoms with Crippen LogP contribution in [-0.2, 0) is 24.7 Å². The van der Waals surface area contributed by atoms with Crippen LogP contribution in [0.4, 0.5) is 52.7 Å². The van der Waals surface area contributed by atoms with E-state index in [4.69, 9.17) is 0 Å². The van der Waals surface area contributed by atoms with Gasteiger partial charge in [-0.1, -0.05) is 13.8 Å². The second kappa shape index (κ2) is 16.5. The topological polar surface area (TPSA) is 98.1 Å². The van der Waals surface area contributed by atoms with Gasteiger partial charge < -0.3 is 0 Å². The highest BCUT2D eigenvalue weighted by molar-refractivity contribution is 9.10. The molecule has 23 heteroatoms. The van der Waals surface area contributed by atoms with E-state index in [9.17, 15) is 52.7 Å². The van der Waals surface area contributed by atoms with Crippen LogP contribution < -0.4 is 0 Å². The minimum atomic E-state index is -4.62. The molecule has 8 nitrogen and oxygen atoms in total. The maximum Gasteiger partial charge on any atom is 0.433 e. The Morgan fingerprint density at radius 3 is 1.72 bits per heavy atom. The lowest BCUT2D eigenvalue weighted by Crippen LogP contribution is -2.09. The number of hydrogen-bond donors (Lipinski definition) is 1. The van der Waals surface area contributed by atoms with Crippen LogP contribution in [0.5, 0.6) is 0 Å². The first-order valence-electron chi connectivity index (χ1n) is 14.5. The Hall–Kier alpha value is -4.12. The largest absolute Gasteiger partial charge is 0.433 e. The number of aromatic nitrogens is 8. The summed E-state index contributed by atoms with van der Waals surface area (Å²) >= 11 is 5.55. The molecule has 0 aliphatic heterocycles. The van der Waals surface area contributed by atoms with Crippen molar-refractivity contribution in [2.24, 2.45) is 0 Å². The van der Waals surface area contributed by atoms with Crippen molar-refractivity contribution in [1.29, 1.82) is 0 Å². The summed E-state index contributed by atoms with van der Waals surface area (Å²) in [6.07, 6.45) is -11.5. The molecular formula is C30H21BrF12N8S2. The van der Waals surface area contributed by atoms with E-state index in [0.717, 1.165) is 59.3 Å². The van der Waals surface area contributed by atoms with Crippen LogP contribution in [-0.4, -0.2) is 51.4 Å². The molecule has 0 atom stereocenters. The van der Waals surface area contributed by atoms with E-state index in [1.54, 1.807) is 6.92 Å². The number of halogens is 13. The number of nitrogens with zero attached hydrogens (tertiary/aromatic N) is 7. The summed E-state index contributed by atoms with van der Waals surface area (Å²) in [7, 11) is 0. The summed E-state index contributed by atoms with van der Waals surface area (Å²) in [5.74, 6) is 1.30. The van der Waals surface area contributed by atoms with E-state index in [2.05, 4.69) is 51.2 Å². The van der Waals surface area contributed by atoms with Crippen LogP contribution in [0.25, 0.3) is 27.6 Å². The van der Waals surface area contributed by atoms with Crippen LogP contribution in [0.3, 0.4) is 0 Å². The van der Waals surface area contributed by atoms with Crippen LogP contribution in [0.2, 0.25) is 0 Å².